The molecule has 0 radical (unpaired) electrons. The Hall–Kier alpha value is -3.93. The van der Waals surface area contributed by atoms with Crippen molar-refractivity contribution in [3.05, 3.63) is 83.9 Å². The number of H-pyrrole nitrogens is 1. The van der Waals surface area contributed by atoms with Crippen LogP contribution < -0.4 is 9.62 Å². The van der Waals surface area contributed by atoms with Gasteiger partial charge in [-0.1, -0.05) is 66.7 Å². The number of rotatable bonds is 8. The summed E-state index contributed by atoms with van der Waals surface area (Å²) in [7, 11) is -0.298. The first kappa shape index (κ1) is 25.7. The maximum atomic E-state index is 13.7. The molecule has 0 aliphatic carbocycles. The van der Waals surface area contributed by atoms with Gasteiger partial charge in [0.05, 0.1) is 6.54 Å². The van der Waals surface area contributed by atoms with Gasteiger partial charge < -0.3 is 4.90 Å². The van der Waals surface area contributed by atoms with E-state index in [0.717, 1.165) is 33.5 Å². The molecule has 1 aliphatic heterocycles. The third kappa shape index (κ3) is 5.64. The molecule has 1 unspecified atom stereocenters. The van der Waals surface area contributed by atoms with Gasteiger partial charge in [0.2, 0.25) is 21.8 Å². The molecule has 5 rings (SSSR count). The average Bonchev–Trinajstić information content (AvgIpc) is 3.40. The Labute approximate surface area is 221 Å². The lowest BCUT2D eigenvalue weighted by atomic mass is 9.98. The van der Waals surface area contributed by atoms with Gasteiger partial charge in [-0.2, -0.15) is 5.21 Å². The van der Waals surface area contributed by atoms with E-state index in [9.17, 15) is 13.2 Å². The number of hydrogen-bond donors (Lipinski definition) is 2. The number of tetrazole rings is 1. The Morgan fingerprint density at radius 1 is 1.00 bits per heavy atom. The first-order valence-electron chi connectivity index (χ1n) is 12.3. The molecule has 0 fully saturated rings. The van der Waals surface area contributed by atoms with Gasteiger partial charge in [0.25, 0.3) is 0 Å². The molecule has 1 atom stereocenters. The first-order chi connectivity index (χ1) is 18.3. The summed E-state index contributed by atoms with van der Waals surface area (Å²) in [6.07, 6.45) is 0.990. The number of aromatic nitrogens is 4. The highest BCUT2D eigenvalue weighted by molar-refractivity contribution is 7.89. The number of amides is 1. The molecule has 1 aromatic heterocycles. The predicted molar refractivity (Wildman–Crippen MR) is 145 cm³/mol. The molecule has 0 saturated heterocycles. The Balaban J connectivity index is 1.42. The van der Waals surface area contributed by atoms with Crippen LogP contribution in [0.3, 0.4) is 0 Å². The lowest BCUT2D eigenvalue weighted by Gasteiger charge is -2.27. The zero-order valence-corrected chi connectivity index (χ0v) is 22.0. The third-order valence-electron chi connectivity index (χ3n) is 6.42. The van der Waals surface area contributed by atoms with Crippen molar-refractivity contribution in [2.24, 2.45) is 0 Å². The molecule has 11 heteroatoms. The minimum Gasteiger partial charge on any atom is -0.306 e. The second-order valence-corrected chi connectivity index (χ2v) is 11.3. The van der Waals surface area contributed by atoms with Crippen molar-refractivity contribution in [3.63, 3.8) is 0 Å². The number of nitrogens with zero attached hydrogens (tertiary/aromatic N) is 5. The van der Waals surface area contributed by atoms with Crippen molar-refractivity contribution in [1.29, 1.82) is 0 Å². The minimum atomic E-state index is -3.66. The zero-order valence-electron chi connectivity index (χ0n) is 21.2. The molecule has 0 saturated carbocycles. The molecular weight excluding hydrogens is 502 g/mol. The molecule has 2 N–H and O–H groups in total. The van der Waals surface area contributed by atoms with Crippen molar-refractivity contribution in [1.82, 2.24) is 30.2 Å². The summed E-state index contributed by atoms with van der Waals surface area (Å²) in [5.74, 6) is 0.0688. The van der Waals surface area contributed by atoms with Crippen LogP contribution in [-0.2, 0) is 27.8 Å². The van der Waals surface area contributed by atoms with E-state index in [0.29, 0.717) is 25.2 Å². The summed E-state index contributed by atoms with van der Waals surface area (Å²) in [6.45, 7) is 0.314. The summed E-state index contributed by atoms with van der Waals surface area (Å²) in [6, 6.07) is 22.7. The topological polar surface area (TPSA) is 124 Å². The molecule has 4 aromatic rings. The van der Waals surface area contributed by atoms with Crippen LogP contribution in [0, 0.1) is 0 Å². The number of anilines is 1. The third-order valence-corrected chi connectivity index (χ3v) is 7.92. The molecule has 1 amide bonds. The van der Waals surface area contributed by atoms with E-state index in [-0.39, 0.29) is 11.8 Å². The van der Waals surface area contributed by atoms with Gasteiger partial charge in [-0.25, -0.2) is 13.1 Å². The summed E-state index contributed by atoms with van der Waals surface area (Å²) in [4.78, 5) is 17.0. The van der Waals surface area contributed by atoms with E-state index < -0.39 is 16.1 Å². The molecule has 0 bridgehead atoms. The first-order valence-corrected chi connectivity index (χ1v) is 13.9. The lowest BCUT2D eigenvalue weighted by Crippen LogP contribution is -2.49. The summed E-state index contributed by atoms with van der Waals surface area (Å²) < 4.78 is 27.9. The molecule has 1 aliphatic rings. The van der Waals surface area contributed by atoms with Crippen LogP contribution in [0.15, 0.2) is 72.8 Å². The zero-order chi connectivity index (χ0) is 26.7. The highest BCUT2D eigenvalue weighted by Gasteiger charge is 2.33. The maximum Gasteiger partial charge on any atom is 0.245 e. The standard InChI is InChI=1S/C27H29N7O3S/c1-33(2)18-38(36,37)30-24-16-15-21-7-3-6-10-25(21)34(27(24)35)17-19-11-13-20(14-12-19)22-8-4-5-9-23(22)26-28-31-32-29-26/h3-14,24,30H,15-18H2,1-2H3,(H,28,29,31,32). The van der Waals surface area contributed by atoms with Crippen LogP contribution in [0.1, 0.15) is 17.5 Å². The van der Waals surface area contributed by atoms with Gasteiger partial charge in [-0.15, -0.1) is 10.2 Å². The van der Waals surface area contributed by atoms with Crippen LogP contribution in [0.5, 0.6) is 0 Å². The van der Waals surface area contributed by atoms with E-state index in [1.807, 2.05) is 72.8 Å². The van der Waals surface area contributed by atoms with Gasteiger partial charge in [-0.3, -0.25) is 9.69 Å². The fourth-order valence-corrected chi connectivity index (χ4v) is 6.17. The van der Waals surface area contributed by atoms with Gasteiger partial charge in [0, 0.05) is 11.3 Å². The van der Waals surface area contributed by atoms with Crippen LogP contribution >= 0.6 is 0 Å². The number of sulfonamides is 1. The Kier molecular flexibility index (Phi) is 7.32. The minimum absolute atomic E-state index is 0.184. The Bertz CT molecular complexity index is 1520. The number of benzene rings is 3. The van der Waals surface area contributed by atoms with Crippen LogP contribution in [0.25, 0.3) is 22.5 Å². The van der Waals surface area contributed by atoms with Crippen molar-refractivity contribution < 1.29 is 13.2 Å². The predicted octanol–water partition coefficient (Wildman–Crippen LogP) is 2.82. The summed E-state index contributed by atoms with van der Waals surface area (Å²) in [5, 5.41) is 14.4. The summed E-state index contributed by atoms with van der Waals surface area (Å²) >= 11 is 0. The number of fused-ring (bicyclic) bond motifs is 1. The van der Waals surface area contributed by atoms with Gasteiger partial charge in [0.15, 0.2) is 0 Å². The number of carbonyl (C=O) groups excluding carboxylic acids is 1. The second kappa shape index (κ2) is 10.8. The van der Waals surface area contributed by atoms with Crippen LogP contribution in [-0.4, -0.2) is 65.9 Å². The van der Waals surface area contributed by atoms with Crippen molar-refractivity contribution >= 4 is 21.6 Å². The van der Waals surface area contributed by atoms with Gasteiger partial charge in [0.1, 0.15) is 11.9 Å². The normalized spacial score (nSPS) is 15.9. The van der Waals surface area contributed by atoms with Crippen molar-refractivity contribution in [2.45, 2.75) is 25.4 Å². The molecule has 3 aromatic carbocycles. The molecule has 0 spiro atoms. The maximum absolute atomic E-state index is 13.7. The molecule has 38 heavy (non-hydrogen) atoms. The van der Waals surface area contributed by atoms with E-state index in [4.69, 9.17) is 0 Å². The Morgan fingerprint density at radius 3 is 2.42 bits per heavy atom. The van der Waals surface area contributed by atoms with Gasteiger partial charge >= 0.3 is 0 Å². The number of carbonyl (C=O) groups is 1. The van der Waals surface area contributed by atoms with Crippen LogP contribution in [0.2, 0.25) is 0 Å². The number of nitrogens with one attached hydrogen (secondary N) is 2. The number of para-hydroxylation sites is 1. The number of aromatic amines is 1. The summed E-state index contributed by atoms with van der Waals surface area (Å²) in [5.41, 5.74) is 5.54. The highest BCUT2D eigenvalue weighted by atomic mass is 32.2. The van der Waals surface area contributed by atoms with Crippen LogP contribution in [0.4, 0.5) is 5.69 Å². The largest absolute Gasteiger partial charge is 0.306 e. The number of aryl methyl sites for hydroxylation is 1. The van der Waals surface area contributed by atoms with Crippen molar-refractivity contribution in [2.75, 3.05) is 24.9 Å². The smallest absolute Gasteiger partial charge is 0.245 e. The molecule has 196 valence electrons. The van der Waals surface area contributed by atoms with E-state index in [1.165, 1.54) is 0 Å². The second-order valence-electron chi connectivity index (χ2n) is 9.56. The van der Waals surface area contributed by atoms with Crippen molar-refractivity contribution in [3.8, 4) is 22.5 Å². The SMILES string of the molecule is CN(C)CS(=O)(=O)NC1CCc2ccccc2N(Cc2ccc(-c3ccccc3-c3nn[nH]n3)cc2)C1=O. The average molecular weight is 532 g/mol. The van der Waals surface area contributed by atoms with E-state index >= 15 is 0 Å². The number of hydrogen-bond acceptors (Lipinski definition) is 7. The molecular formula is C27H29N7O3S. The monoisotopic (exact) mass is 531 g/mol. The molecule has 2 heterocycles. The van der Waals surface area contributed by atoms with Gasteiger partial charge in [-0.05, 0) is 60.5 Å². The fraction of sp³-hybridized carbons (Fsp3) is 0.259. The quantitative estimate of drug-likeness (QED) is 0.358. The Morgan fingerprint density at radius 2 is 1.71 bits per heavy atom. The lowest BCUT2D eigenvalue weighted by molar-refractivity contribution is -0.120. The van der Waals surface area contributed by atoms with E-state index in [1.54, 1.807) is 23.9 Å². The fourth-order valence-electron chi connectivity index (χ4n) is 4.76. The highest BCUT2D eigenvalue weighted by Crippen LogP contribution is 2.32. The van der Waals surface area contributed by atoms with E-state index in [2.05, 4.69) is 25.3 Å². The molecule has 10 nitrogen and oxygen atoms in total.